The number of hydrogen-bond donors (Lipinski definition) is 8. The topological polar surface area (TPSA) is 243 Å². The molecular formula is C7H16FN7O6Pt+4. The fourth-order valence-corrected chi connectivity index (χ4v) is 0.393. The van der Waals surface area contributed by atoms with E-state index in [1.807, 2.05) is 4.98 Å². The van der Waals surface area contributed by atoms with E-state index in [4.69, 9.17) is 26.8 Å². The van der Waals surface area contributed by atoms with Gasteiger partial charge in [0, 0.05) is 19.3 Å². The van der Waals surface area contributed by atoms with Crippen LogP contribution in [-0.2, 0) is 21.1 Å². The molecule has 1 aromatic heterocycles. The Labute approximate surface area is 136 Å². The number of hydrogen-bond acceptors (Lipinski definition) is 8. The molecular weight excluding hydrogens is 492 g/mol. The van der Waals surface area contributed by atoms with E-state index in [1.165, 1.54) is 10.8 Å². The van der Waals surface area contributed by atoms with Crippen molar-refractivity contribution in [2.24, 2.45) is 22.5 Å². The van der Waals surface area contributed by atoms with Crippen molar-refractivity contribution in [2.45, 2.75) is 0 Å². The normalized spacial score (nSPS) is 7.27. The summed E-state index contributed by atoms with van der Waals surface area (Å²) < 4.78 is 12.0. The van der Waals surface area contributed by atoms with Crippen LogP contribution in [0, 0.1) is 10.7 Å². The minimum Gasteiger partial charge on any atom is -0.379 e. The predicted octanol–water partition coefficient (Wildman–Crippen LogP) is -2.71. The zero-order valence-electron chi connectivity index (χ0n) is 10.9. The number of carbonyl (C=O) groups is 1. The van der Waals surface area contributed by atoms with Gasteiger partial charge < -0.3 is 27.4 Å². The van der Waals surface area contributed by atoms with Gasteiger partial charge in [-0.3, -0.25) is 15.0 Å². The fourth-order valence-electron chi connectivity index (χ4n) is 0.393. The molecule has 22 heavy (non-hydrogen) atoms. The molecule has 0 radical (unpaired) electrons. The average Bonchev–Trinajstić information content (AvgIpc) is 2.45. The number of aromatic nitrogens is 2. The number of nitrogens with one attached hydrogen (secondary N) is 3. The molecule has 1 aromatic rings. The summed E-state index contributed by atoms with van der Waals surface area (Å²) in [4.78, 5) is 41.3. The molecule has 0 aromatic carbocycles. The van der Waals surface area contributed by atoms with Crippen molar-refractivity contribution < 1.29 is 40.7 Å². The van der Waals surface area contributed by atoms with Crippen molar-refractivity contribution in [1.82, 2.24) is 15.4 Å². The summed E-state index contributed by atoms with van der Waals surface area (Å²) >= 11 is 0. The van der Waals surface area contributed by atoms with E-state index in [1.54, 1.807) is 4.98 Å². The first-order valence-corrected chi connectivity index (χ1v) is 4.84. The van der Waals surface area contributed by atoms with Crippen molar-refractivity contribution in [3.05, 3.63) is 37.8 Å². The molecule has 0 fully saturated rings. The third-order valence-electron chi connectivity index (χ3n) is 1.05. The third-order valence-corrected chi connectivity index (χ3v) is 1.05. The summed E-state index contributed by atoms with van der Waals surface area (Å²) in [5.74, 6) is -0.991. The largest absolute Gasteiger partial charge is 4.00 e. The molecule has 11 N–H and O–H groups in total. The van der Waals surface area contributed by atoms with Gasteiger partial charge >= 0.3 is 32.8 Å². The van der Waals surface area contributed by atoms with Crippen molar-refractivity contribution in [3.8, 4) is 0 Å². The van der Waals surface area contributed by atoms with E-state index in [9.17, 15) is 18.8 Å². The molecule has 1 heterocycles. The van der Waals surface area contributed by atoms with Crippen molar-refractivity contribution in [1.29, 1.82) is 0 Å². The predicted molar refractivity (Wildman–Crippen MR) is 67.8 cm³/mol. The molecule has 0 saturated carbocycles. The molecule has 15 heteroatoms. The summed E-state index contributed by atoms with van der Waals surface area (Å²) in [6.07, 6.45) is 0.709. The van der Waals surface area contributed by atoms with E-state index >= 15 is 0 Å². The zero-order valence-corrected chi connectivity index (χ0v) is 13.2. The van der Waals surface area contributed by atoms with E-state index in [0.717, 1.165) is 0 Å². The maximum Gasteiger partial charge on any atom is 4.00 e. The number of halogens is 1. The summed E-state index contributed by atoms with van der Waals surface area (Å²) in [5.41, 5.74) is 13.6. The Morgan fingerprint density at radius 3 is 1.91 bits per heavy atom. The van der Waals surface area contributed by atoms with Gasteiger partial charge in [-0.2, -0.15) is 4.39 Å². The van der Waals surface area contributed by atoms with E-state index in [-0.39, 0.29) is 21.1 Å². The second-order valence-electron chi connectivity index (χ2n) is 2.55. The number of nitrogens with zero attached hydrogens (tertiary/aromatic N) is 1. The number of aromatic amines is 2. The molecule has 128 valence electrons. The van der Waals surface area contributed by atoms with Gasteiger partial charge in [-0.15, -0.1) is 4.91 Å². The Hall–Kier alpha value is -2.15. The molecule has 0 aliphatic rings. The van der Waals surface area contributed by atoms with Crippen LogP contribution < -0.4 is 33.9 Å². The molecule has 0 saturated heterocycles. The monoisotopic (exact) mass is 508 g/mol. The second-order valence-corrected chi connectivity index (χ2v) is 2.55. The first-order chi connectivity index (χ1) is 9.80. The molecule has 0 unspecified atom stereocenters. The van der Waals surface area contributed by atoms with Gasteiger partial charge in [0.2, 0.25) is 5.82 Å². The second kappa shape index (κ2) is 21.2. The number of rotatable bonds is 1. The summed E-state index contributed by atoms with van der Waals surface area (Å²) in [6.45, 7) is 1.19. The van der Waals surface area contributed by atoms with Gasteiger partial charge in [-0.1, -0.05) is 0 Å². The van der Waals surface area contributed by atoms with Gasteiger partial charge in [-0.25, -0.2) is 15.1 Å². The van der Waals surface area contributed by atoms with E-state index in [0.29, 0.717) is 19.3 Å². The van der Waals surface area contributed by atoms with Crippen LogP contribution in [0.2, 0.25) is 0 Å². The van der Waals surface area contributed by atoms with Crippen LogP contribution in [0.25, 0.3) is 0 Å². The van der Waals surface area contributed by atoms with Crippen LogP contribution in [0.15, 0.2) is 21.1 Å². The Morgan fingerprint density at radius 1 is 1.36 bits per heavy atom. The van der Waals surface area contributed by atoms with Crippen LogP contribution in [0.5, 0.6) is 0 Å². The average molecular weight is 508 g/mol. The Bertz CT molecular complexity index is 493. The molecule has 0 spiro atoms. The first-order valence-electron chi connectivity index (χ1n) is 4.84. The van der Waals surface area contributed by atoms with Crippen LogP contribution in [0.1, 0.15) is 0 Å². The molecule has 2 amide bonds. The van der Waals surface area contributed by atoms with E-state index in [2.05, 4.69) is 5.73 Å². The van der Waals surface area contributed by atoms with E-state index < -0.39 is 23.1 Å². The zero-order chi connectivity index (χ0) is 17.3. The smallest absolute Gasteiger partial charge is 0.379 e. The van der Waals surface area contributed by atoms with Crippen LogP contribution in [0.3, 0.4) is 0 Å². The minimum absolute atomic E-state index is 0. The molecule has 0 bridgehead atoms. The number of nitrogens with two attached hydrogens (primary N) is 3. The molecule has 0 aliphatic carbocycles. The number of primary amides is 1. The SMILES string of the molecule is NC(=O)NO.NCCN.O=NO.O=c1[nH]cc(F)c(=O)[nH]1.[Pt+4]. The quantitative estimate of drug-likeness (QED) is 0.112. The summed E-state index contributed by atoms with van der Waals surface area (Å²) in [6, 6.07) is -0.940. The number of carbonyl (C=O) groups excluding carboxylic acids is 1. The Balaban J connectivity index is -0.000000108. The maximum absolute atomic E-state index is 12.0. The Kier molecular flexibility index (Phi) is 27.0. The number of hydroxylamine groups is 1. The number of H-pyrrole nitrogens is 2. The van der Waals surface area contributed by atoms with Gasteiger partial charge in [0.1, 0.15) is 0 Å². The number of amides is 2. The third kappa shape index (κ3) is 26.4. The van der Waals surface area contributed by atoms with Gasteiger partial charge in [0.25, 0.3) is 5.56 Å². The standard InChI is InChI=1S/C4H3FN2O2.C2H8N2.CH4N2O2.HNO2.Pt/c5-2-1-6-4(9)7-3(2)8;3-1-2-4;2-1(4)3-5;2-1-3;/h1H,(H2,6,7,8,9);1-4H2;5H,(H3,2,3,4);(H,2,3);/q;;;;+4. The van der Waals surface area contributed by atoms with Crippen LogP contribution >= 0.6 is 0 Å². The first kappa shape index (κ1) is 28.1. The maximum atomic E-state index is 12.0. The minimum atomic E-state index is -1.00. The molecule has 0 atom stereocenters. The van der Waals surface area contributed by atoms with Crippen molar-refractivity contribution >= 4 is 6.03 Å². The van der Waals surface area contributed by atoms with Crippen LogP contribution in [0.4, 0.5) is 9.18 Å². The fraction of sp³-hybridized carbons (Fsp3) is 0.286. The Morgan fingerprint density at radius 2 is 1.73 bits per heavy atom. The van der Waals surface area contributed by atoms with Crippen LogP contribution in [-0.4, -0.2) is 39.5 Å². The molecule has 0 aliphatic heterocycles. The van der Waals surface area contributed by atoms with Gasteiger partial charge in [0.05, 0.1) is 0 Å². The molecule has 13 nitrogen and oxygen atoms in total. The summed E-state index contributed by atoms with van der Waals surface area (Å²) in [5, 5.41) is 15.3. The van der Waals surface area contributed by atoms with Crippen molar-refractivity contribution in [3.63, 3.8) is 0 Å². The molecule has 1 rings (SSSR count). The van der Waals surface area contributed by atoms with Gasteiger partial charge in [-0.05, 0) is 0 Å². The summed E-state index contributed by atoms with van der Waals surface area (Å²) in [7, 11) is 0. The van der Waals surface area contributed by atoms with Crippen molar-refractivity contribution in [2.75, 3.05) is 13.1 Å². The van der Waals surface area contributed by atoms with Gasteiger partial charge in [0.15, 0.2) is 5.34 Å². The number of urea groups is 1.